The van der Waals surface area contributed by atoms with E-state index in [1.165, 1.54) is 17.4 Å². The van der Waals surface area contributed by atoms with Crippen molar-refractivity contribution in [2.45, 2.75) is 18.4 Å². The molecule has 21 heavy (non-hydrogen) atoms. The highest BCUT2D eigenvalue weighted by Gasteiger charge is 2.21. The van der Waals surface area contributed by atoms with E-state index in [2.05, 4.69) is 9.71 Å². The van der Waals surface area contributed by atoms with Crippen LogP contribution in [-0.2, 0) is 16.6 Å². The Morgan fingerprint density at radius 3 is 2.76 bits per heavy atom. The Kier molecular flexibility index (Phi) is 4.57. The standard InChI is InChI=1S/C11H10ClN3O4S2/c1-7-6-20-11(14-7)5-13-21(18,19)10-4-8(15(16)17)2-3-9(10)12/h2-4,6,13H,5H2,1H3. The molecular formula is C11H10ClN3O4S2. The number of halogens is 1. The molecular weight excluding hydrogens is 338 g/mol. The zero-order valence-electron chi connectivity index (χ0n) is 10.7. The van der Waals surface area contributed by atoms with Crippen LogP contribution >= 0.6 is 22.9 Å². The average molecular weight is 348 g/mol. The summed E-state index contributed by atoms with van der Waals surface area (Å²) in [6.45, 7) is 1.80. The quantitative estimate of drug-likeness (QED) is 0.661. The summed E-state index contributed by atoms with van der Waals surface area (Å²) in [5.74, 6) is 0. The highest BCUT2D eigenvalue weighted by molar-refractivity contribution is 7.89. The van der Waals surface area contributed by atoms with Crippen LogP contribution in [-0.4, -0.2) is 18.3 Å². The van der Waals surface area contributed by atoms with Gasteiger partial charge in [0.15, 0.2) is 0 Å². The van der Waals surface area contributed by atoms with Gasteiger partial charge in [-0.15, -0.1) is 11.3 Å². The minimum Gasteiger partial charge on any atom is -0.258 e. The van der Waals surface area contributed by atoms with Crippen molar-refractivity contribution < 1.29 is 13.3 Å². The smallest absolute Gasteiger partial charge is 0.258 e. The number of sulfonamides is 1. The van der Waals surface area contributed by atoms with Crippen LogP contribution in [0.2, 0.25) is 5.02 Å². The number of benzene rings is 1. The summed E-state index contributed by atoms with van der Waals surface area (Å²) in [6.07, 6.45) is 0. The van der Waals surface area contributed by atoms with Gasteiger partial charge in [0, 0.05) is 23.2 Å². The summed E-state index contributed by atoms with van der Waals surface area (Å²) in [6, 6.07) is 3.26. The Hall–Kier alpha value is -1.55. The molecule has 0 radical (unpaired) electrons. The molecule has 10 heteroatoms. The van der Waals surface area contributed by atoms with Crippen LogP contribution in [0.4, 0.5) is 5.69 Å². The second-order valence-corrected chi connectivity index (χ2v) is 7.16. The highest BCUT2D eigenvalue weighted by Crippen LogP contribution is 2.26. The number of non-ortho nitro benzene ring substituents is 1. The van der Waals surface area contributed by atoms with E-state index in [0.717, 1.165) is 17.8 Å². The van der Waals surface area contributed by atoms with Crippen molar-refractivity contribution in [3.63, 3.8) is 0 Å². The van der Waals surface area contributed by atoms with Crippen molar-refractivity contribution in [1.82, 2.24) is 9.71 Å². The Morgan fingerprint density at radius 2 is 2.19 bits per heavy atom. The molecule has 112 valence electrons. The molecule has 0 atom stereocenters. The van der Waals surface area contributed by atoms with Gasteiger partial charge in [-0.2, -0.15) is 0 Å². The van der Waals surface area contributed by atoms with Gasteiger partial charge in [0.2, 0.25) is 10.0 Å². The van der Waals surface area contributed by atoms with Gasteiger partial charge in [0.1, 0.15) is 9.90 Å². The predicted octanol–water partition coefficient (Wildman–Crippen LogP) is 2.49. The summed E-state index contributed by atoms with van der Waals surface area (Å²) < 4.78 is 26.7. The Labute approximate surface area is 129 Å². The fourth-order valence-corrected chi connectivity index (χ4v) is 3.84. The second kappa shape index (κ2) is 6.06. The Bertz CT molecular complexity index is 789. The summed E-state index contributed by atoms with van der Waals surface area (Å²) in [7, 11) is -3.96. The Balaban J connectivity index is 2.26. The molecule has 1 aromatic heterocycles. The number of nitro benzene ring substituents is 1. The number of nitrogens with zero attached hydrogens (tertiary/aromatic N) is 2. The first-order chi connectivity index (χ1) is 9.79. The molecule has 0 unspecified atom stereocenters. The lowest BCUT2D eigenvalue weighted by atomic mass is 10.3. The fraction of sp³-hybridized carbons (Fsp3) is 0.182. The first-order valence-corrected chi connectivity index (χ1v) is 8.38. The molecule has 0 aliphatic carbocycles. The largest absolute Gasteiger partial charge is 0.270 e. The number of hydrogen-bond acceptors (Lipinski definition) is 6. The maximum Gasteiger partial charge on any atom is 0.270 e. The van der Waals surface area contributed by atoms with Crippen LogP contribution in [0.1, 0.15) is 10.7 Å². The van der Waals surface area contributed by atoms with Crippen LogP contribution in [0.3, 0.4) is 0 Å². The lowest BCUT2D eigenvalue weighted by Crippen LogP contribution is -2.23. The molecule has 7 nitrogen and oxygen atoms in total. The number of rotatable bonds is 5. The van der Waals surface area contributed by atoms with Gasteiger partial charge >= 0.3 is 0 Å². The van der Waals surface area contributed by atoms with Crippen LogP contribution in [0, 0.1) is 17.0 Å². The van der Waals surface area contributed by atoms with Gasteiger partial charge in [-0.1, -0.05) is 11.6 Å². The first-order valence-electron chi connectivity index (χ1n) is 5.64. The minimum atomic E-state index is -3.96. The Morgan fingerprint density at radius 1 is 1.48 bits per heavy atom. The number of nitrogens with one attached hydrogen (secondary N) is 1. The van der Waals surface area contributed by atoms with Crippen LogP contribution in [0.5, 0.6) is 0 Å². The molecule has 0 bridgehead atoms. The van der Waals surface area contributed by atoms with E-state index in [1.807, 2.05) is 0 Å². The fourth-order valence-electron chi connectivity index (χ4n) is 1.53. The molecule has 0 aliphatic heterocycles. The number of thiazole rings is 1. The normalized spacial score (nSPS) is 11.5. The molecule has 0 aliphatic rings. The van der Waals surface area contributed by atoms with Gasteiger partial charge in [-0.25, -0.2) is 18.1 Å². The zero-order valence-corrected chi connectivity index (χ0v) is 13.1. The van der Waals surface area contributed by atoms with Crippen LogP contribution < -0.4 is 4.72 Å². The lowest BCUT2D eigenvalue weighted by molar-refractivity contribution is -0.385. The topological polar surface area (TPSA) is 102 Å². The third-order valence-corrected chi connectivity index (χ3v) is 5.34. The van der Waals surface area contributed by atoms with Gasteiger partial charge in [-0.3, -0.25) is 10.1 Å². The second-order valence-electron chi connectivity index (χ2n) is 4.08. The minimum absolute atomic E-state index is 0.000138. The third kappa shape index (κ3) is 3.76. The van der Waals surface area contributed by atoms with E-state index in [4.69, 9.17) is 11.6 Å². The SMILES string of the molecule is Cc1csc(CNS(=O)(=O)c2cc([N+](=O)[O-])ccc2Cl)n1. The van der Waals surface area contributed by atoms with E-state index in [9.17, 15) is 18.5 Å². The van der Waals surface area contributed by atoms with Crippen LogP contribution in [0.25, 0.3) is 0 Å². The summed E-state index contributed by atoms with van der Waals surface area (Å²) in [4.78, 5) is 13.8. The summed E-state index contributed by atoms with van der Waals surface area (Å²) in [5.41, 5.74) is 0.451. The molecule has 1 N–H and O–H groups in total. The maximum absolute atomic E-state index is 12.2. The molecule has 1 heterocycles. The molecule has 0 fully saturated rings. The van der Waals surface area contributed by atoms with Crippen molar-refractivity contribution in [2.75, 3.05) is 0 Å². The van der Waals surface area contributed by atoms with Crippen molar-refractivity contribution in [3.05, 3.63) is 49.4 Å². The first kappa shape index (κ1) is 15.8. The van der Waals surface area contributed by atoms with E-state index >= 15 is 0 Å². The molecule has 0 saturated carbocycles. The van der Waals surface area contributed by atoms with E-state index < -0.39 is 14.9 Å². The molecule has 0 saturated heterocycles. The van der Waals surface area contributed by atoms with Crippen molar-refractivity contribution in [1.29, 1.82) is 0 Å². The van der Waals surface area contributed by atoms with E-state index in [1.54, 1.807) is 12.3 Å². The number of nitro groups is 1. The molecule has 0 amide bonds. The number of hydrogen-bond donors (Lipinski definition) is 1. The summed E-state index contributed by atoms with van der Waals surface area (Å²) >= 11 is 7.13. The zero-order chi connectivity index (χ0) is 15.6. The van der Waals surface area contributed by atoms with Gasteiger partial charge in [-0.05, 0) is 13.0 Å². The predicted molar refractivity (Wildman–Crippen MR) is 79.0 cm³/mol. The number of aromatic nitrogens is 1. The number of aryl methyl sites for hydroxylation is 1. The molecule has 2 aromatic rings. The van der Waals surface area contributed by atoms with Crippen LogP contribution in [0.15, 0.2) is 28.5 Å². The van der Waals surface area contributed by atoms with Crippen molar-refractivity contribution in [2.24, 2.45) is 0 Å². The van der Waals surface area contributed by atoms with Gasteiger partial charge < -0.3 is 0 Å². The lowest BCUT2D eigenvalue weighted by Gasteiger charge is -2.07. The highest BCUT2D eigenvalue weighted by atomic mass is 35.5. The van der Waals surface area contributed by atoms with Crippen molar-refractivity contribution >= 4 is 38.6 Å². The average Bonchev–Trinajstić information content (AvgIpc) is 2.82. The maximum atomic E-state index is 12.2. The van der Waals surface area contributed by atoms with Gasteiger partial charge in [0.05, 0.1) is 16.5 Å². The molecule has 2 rings (SSSR count). The summed E-state index contributed by atoms with van der Waals surface area (Å²) in [5, 5.41) is 13.0. The molecule has 1 aromatic carbocycles. The molecule has 0 spiro atoms. The van der Waals surface area contributed by atoms with Crippen molar-refractivity contribution in [3.8, 4) is 0 Å². The van der Waals surface area contributed by atoms with Gasteiger partial charge in [0.25, 0.3) is 5.69 Å². The van der Waals surface area contributed by atoms with E-state index in [0.29, 0.717) is 5.01 Å². The monoisotopic (exact) mass is 347 g/mol. The third-order valence-electron chi connectivity index (χ3n) is 2.50. The van der Waals surface area contributed by atoms with E-state index in [-0.39, 0.29) is 22.2 Å².